The molecule has 3 aromatic rings. The van der Waals surface area contributed by atoms with Crippen LogP contribution in [0, 0.1) is 32.6 Å². The van der Waals surface area contributed by atoms with E-state index in [1.54, 1.807) is 0 Å². The molecule has 32 heavy (non-hydrogen) atoms. The first-order valence-electron chi connectivity index (χ1n) is 10.8. The van der Waals surface area contributed by atoms with Crippen LogP contribution in [-0.2, 0) is 18.2 Å². The summed E-state index contributed by atoms with van der Waals surface area (Å²) in [4.78, 5) is 29.8. The van der Waals surface area contributed by atoms with E-state index < -0.39 is 20.5 Å². The molecule has 0 saturated carbocycles. The average molecular weight is 551 g/mol. The molecule has 3 nitrogen and oxygen atoms in total. The lowest BCUT2D eigenvalue weighted by atomic mass is 9.54. The largest absolute Gasteiger partial charge is 0.274 e. The molecule has 2 amide bonds. The van der Waals surface area contributed by atoms with Gasteiger partial charge in [0, 0.05) is 0 Å². The summed E-state index contributed by atoms with van der Waals surface area (Å²) in [7, 11) is 0. The van der Waals surface area contributed by atoms with Crippen LogP contribution in [0.3, 0.4) is 0 Å². The van der Waals surface area contributed by atoms with Crippen LogP contribution >= 0.6 is 31.9 Å². The minimum absolute atomic E-state index is 0.139. The van der Waals surface area contributed by atoms with E-state index in [4.69, 9.17) is 0 Å². The van der Waals surface area contributed by atoms with Gasteiger partial charge < -0.3 is 0 Å². The second-order valence-corrected chi connectivity index (χ2v) is 11.7. The lowest BCUT2D eigenvalue weighted by Gasteiger charge is -2.55. The van der Waals surface area contributed by atoms with Gasteiger partial charge in [-0.2, -0.15) is 0 Å². The first kappa shape index (κ1) is 20.4. The highest BCUT2D eigenvalue weighted by atomic mass is 79.9. The molecule has 3 aromatic carbocycles. The Morgan fingerprint density at radius 3 is 1.38 bits per heavy atom. The summed E-state index contributed by atoms with van der Waals surface area (Å²) in [6.07, 6.45) is 0. The lowest BCUT2D eigenvalue weighted by Crippen LogP contribution is -2.56. The van der Waals surface area contributed by atoms with Gasteiger partial charge in [0.2, 0.25) is 11.8 Å². The van der Waals surface area contributed by atoms with Crippen molar-refractivity contribution in [3.05, 3.63) is 99.6 Å². The number of imide groups is 1. The standard InChI is InChI=1S/C27H21Br2NO2/c1-14-12-15(2)23(16(3)13-14)30-24(31)21-22(25(30)32)27(29)18-9-5-4-8-17(18)26(21,28)19-10-6-7-11-20(19)27/h4-13,21-22H,1-3H3/t21-,22-,26?,27?/m1/s1. The summed E-state index contributed by atoms with van der Waals surface area (Å²) < 4.78 is -1.51. The fraction of sp³-hybridized carbons (Fsp3) is 0.259. The highest BCUT2D eigenvalue weighted by Gasteiger charge is 2.72. The van der Waals surface area contributed by atoms with Gasteiger partial charge in [0.05, 0.1) is 26.2 Å². The van der Waals surface area contributed by atoms with Gasteiger partial charge in [-0.3, -0.25) is 9.59 Å². The Labute approximate surface area is 204 Å². The number of hydrogen-bond acceptors (Lipinski definition) is 2. The van der Waals surface area contributed by atoms with E-state index in [1.165, 1.54) is 4.90 Å². The normalized spacial score (nSPS) is 29.7. The Bertz CT molecular complexity index is 1220. The monoisotopic (exact) mass is 549 g/mol. The molecule has 160 valence electrons. The van der Waals surface area contributed by atoms with Crippen LogP contribution in [0.25, 0.3) is 0 Å². The molecule has 0 spiro atoms. The van der Waals surface area contributed by atoms with Gasteiger partial charge >= 0.3 is 0 Å². The topological polar surface area (TPSA) is 37.4 Å². The summed E-state index contributed by atoms with van der Waals surface area (Å²) in [6.45, 7) is 5.99. The highest BCUT2D eigenvalue weighted by molar-refractivity contribution is 9.10. The number of amides is 2. The molecule has 0 unspecified atom stereocenters. The van der Waals surface area contributed by atoms with Crippen LogP contribution < -0.4 is 4.90 Å². The fourth-order valence-electron chi connectivity index (χ4n) is 6.41. The number of hydrogen-bond donors (Lipinski definition) is 0. The van der Waals surface area contributed by atoms with E-state index >= 15 is 0 Å². The summed E-state index contributed by atoms with van der Waals surface area (Å²) in [6, 6.07) is 20.4. The first-order valence-corrected chi connectivity index (χ1v) is 12.3. The third kappa shape index (κ3) is 2.17. The number of aryl methyl sites for hydroxylation is 3. The number of carbonyl (C=O) groups excluding carboxylic acids is 2. The Morgan fingerprint density at radius 1 is 0.688 bits per heavy atom. The molecule has 4 aliphatic rings. The molecule has 7 rings (SSSR count). The van der Waals surface area contributed by atoms with E-state index in [9.17, 15) is 9.59 Å². The van der Waals surface area contributed by atoms with Crippen molar-refractivity contribution in [1.82, 2.24) is 0 Å². The van der Waals surface area contributed by atoms with Gasteiger partial charge in [0.25, 0.3) is 0 Å². The fourth-order valence-corrected chi connectivity index (χ4v) is 8.72. The maximum absolute atomic E-state index is 14.2. The van der Waals surface area contributed by atoms with E-state index in [0.29, 0.717) is 0 Å². The van der Waals surface area contributed by atoms with E-state index in [2.05, 4.69) is 56.1 Å². The van der Waals surface area contributed by atoms with Gasteiger partial charge in [-0.05, 0) is 54.2 Å². The molecule has 3 aliphatic carbocycles. The smallest absolute Gasteiger partial charge is 0.239 e. The molecule has 1 saturated heterocycles. The van der Waals surface area contributed by atoms with Gasteiger partial charge in [0.1, 0.15) is 0 Å². The van der Waals surface area contributed by atoms with Crippen molar-refractivity contribution < 1.29 is 9.59 Å². The molecule has 2 bridgehead atoms. The third-order valence-corrected chi connectivity index (χ3v) is 10.1. The van der Waals surface area contributed by atoms with Gasteiger partial charge in [-0.1, -0.05) is 98.1 Å². The zero-order valence-corrected chi connectivity index (χ0v) is 21.1. The lowest BCUT2D eigenvalue weighted by molar-refractivity contribution is -0.122. The second-order valence-electron chi connectivity index (χ2n) is 9.23. The van der Waals surface area contributed by atoms with Crippen LogP contribution in [0.1, 0.15) is 38.9 Å². The molecule has 0 N–H and O–H groups in total. The molecule has 0 aromatic heterocycles. The Hall–Kier alpha value is -2.24. The number of halogens is 2. The molecule has 1 fully saturated rings. The van der Waals surface area contributed by atoms with Crippen molar-refractivity contribution in [2.45, 2.75) is 29.4 Å². The quantitative estimate of drug-likeness (QED) is 0.274. The molecule has 1 aliphatic heterocycles. The van der Waals surface area contributed by atoms with E-state index in [0.717, 1.165) is 44.6 Å². The molecule has 5 heteroatoms. The predicted octanol–water partition coefficient (Wildman–Crippen LogP) is 6.02. The van der Waals surface area contributed by atoms with Crippen molar-refractivity contribution in [1.29, 1.82) is 0 Å². The van der Waals surface area contributed by atoms with Crippen molar-refractivity contribution >= 4 is 49.4 Å². The Kier molecular flexibility index (Phi) is 4.09. The van der Waals surface area contributed by atoms with Gasteiger partial charge in [0.15, 0.2) is 0 Å². The number of rotatable bonds is 1. The number of anilines is 1. The average Bonchev–Trinajstić information content (AvgIpc) is 3.03. The Morgan fingerprint density at radius 2 is 1.03 bits per heavy atom. The van der Waals surface area contributed by atoms with Crippen molar-refractivity contribution in [3.8, 4) is 0 Å². The van der Waals surface area contributed by atoms with Crippen molar-refractivity contribution in [2.75, 3.05) is 4.90 Å². The van der Waals surface area contributed by atoms with Crippen LogP contribution in [-0.4, -0.2) is 11.8 Å². The van der Waals surface area contributed by atoms with E-state index in [-0.39, 0.29) is 11.8 Å². The molecular formula is C27H21Br2NO2. The molecule has 2 atom stereocenters. The molecular weight excluding hydrogens is 530 g/mol. The molecule has 1 heterocycles. The van der Waals surface area contributed by atoms with Crippen molar-refractivity contribution in [3.63, 3.8) is 0 Å². The van der Waals surface area contributed by atoms with Crippen LogP contribution in [0.5, 0.6) is 0 Å². The Balaban J connectivity index is 1.67. The summed E-state index contributed by atoms with van der Waals surface area (Å²) in [5.74, 6) is -1.36. The number of carbonyl (C=O) groups is 2. The number of alkyl halides is 2. The van der Waals surface area contributed by atoms with Crippen molar-refractivity contribution in [2.24, 2.45) is 11.8 Å². The van der Waals surface area contributed by atoms with Crippen LogP contribution in [0.4, 0.5) is 5.69 Å². The summed E-state index contributed by atoms with van der Waals surface area (Å²) >= 11 is 8.12. The summed E-state index contributed by atoms with van der Waals surface area (Å²) in [5.41, 5.74) is 7.94. The predicted molar refractivity (Wildman–Crippen MR) is 132 cm³/mol. The zero-order valence-electron chi connectivity index (χ0n) is 17.9. The van der Waals surface area contributed by atoms with Gasteiger partial charge in [-0.15, -0.1) is 0 Å². The minimum atomic E-state index is -0.756. The van der Waals surface area contributed by atoms with E-state index in [1.807, 2.05) is 57.2 Å². The SMILES string of the molecule is Cc1cc(C)c(N2C(=O)[C@H]3[C@H](C2=O)C2(Br)c4ccccc4C3(Br)c3ccccc32)c(C)c1. The molecule has 0 radical (unpaired) electrons. The maximum atomic E-state index is 14.2. The second kappa shape index (κ2) is 6.42. The van der Waals surface area contributed by atoms with Gasteiger partial charge in [-0.25, -0.2) is 4.90 Å². The summed E-state index contributed by atoms with van der Waals surface area (Å²) in [5, 5.41) is 0. The zero-order chi connectivity index (χ0) is 22.6. The maximum Gasteiger partial charge on any atom is 0.239 e. The minimum Gasteiger partial charge on any atom is -0.274 e. The number of nitrogens with zero attached hydrogens (tertiary/aromatic N) is 1. The number of benzene rings is 3. The first-order chi connectivity index (χ1) is 15.2. The highest BCUT2D eigenvalue weighted by Crippen LogP contribution is 2.71. The van der Waals surface area contributed by atoms with Crippen LogP contribution in [0.2, 0.25) is 0 Å². The third-order valence-electron chi connectivity index (χ3n) is 7.44. The van der Waals surface area contributed by atoms with Crippen LogP contribution in [0.15, 0.2) is 60.7 Å².